The molecule has 0 saturated carbocycles. The number of para-hydroxylation sites is 1. The number of sulfonamides is 1. The fourth-order valence-corrected chi connectivity index (χ4v) is 4.54. The lowest BCUT2D eigenvalue weighted by Crippen LogP contribution is -2.38. The van der Waals surface area contributed by atoms with E-state index in [1.807, 2.05) is 0 Å². The lowest BCUT2D eigenvalue weighted by Gasteiger charge is -2.24. The molecule has 1 N–H and O–H groups in total. The van der Waals surface area contributed by atoms with Crippen LogP contribution in [0.15, 0.2) is 57.9 Å². The lowest BCUT2D eigenvalue weighted by atomic mass is 10.3. The second-order valence-corrected chi connectivity index (χ2v) is 8.44. The van der Waals surface area contributed by atoms with Crippen molar-refractivity contribution in [3.05, 3.63) is 75.2 Å². The normalized spacial score (nSPS) is 11.2. The van der Waals surface area contributed by atoms with Crippen LogP contribution < -0.4 is 9.62 Å². The van der Waals surface area contributed by atoms with Gasteiger partial charge in [0.2, 0.25) is 5.91 Å². The molecule has 0 spiro atoms. The number of benzene rings is 2. The number of non-ortho nitro benzene ring substituents is 1. The van der Waals surface area contributed by atoms with Gasteiger partial charge in [-0.05, 0) is 25.1 Å². The van der Waals surface area contributed by atoms with Crippen molar-refractivity contribution in [1.82, 2.24) is 5.16 Å². The summed E-state index contributed by atoms with van der Waals surface area (Å²) >= 11 is 5.98. The van der Waals surface area contributed by atoms with Gasteiger partial charge in [-0.15, -0.1) is 0 Å². The molecule has 0 aliphatic heterocycles. The van der Waals surface area contributed by atoms with E-state index in [9.17, 15) is 27.7 Å². The van der Waals surface area contributed by atoms with Crippen molar-refractivity contribution in [1.29, 1.82) is 0 Å². The van der Waals surface area contributed by atoms with Gasteiger partial charge < -0.3 is 9.84 Å². The SMILES string of the molecule is Cc1cc(NC(=O)CN(c2ccccc2F)S(=O)(=O)c2cc([N+](=O)[O-])ccc2Cl)no1. The molecule has 1 heterocycles. The molecule has 162 valence electrons. The highest BCUT2D eigenvalue weighted by atomic mass is 35.5. The summed E-state index contributed by atoms with van der Waals surface area (Å²) in [5, 5.41) is 16.7. The van der Waals surface area contributed by atoms with Crippen molar-refractivity contribution in [2.24, 2.45) is 0 Å². The first-order chi connectivity index (χ1) is 14.6. The van der Waals surface area contributed by atoms with Crippen LogP contribution in [0.4, 0.5) is 21.6 Å². The number of nitrogens with one attached hydrogen (secondary N) is 1. The largest absolute Gasteiger partial charge is 0.360 e. The van der Waals surface area contributed by atoms with Crippen LogP contribution in [-0.2, 0) is 14.8 Å². The molecule has 0 radical (unpaired) electrons. The number of halogens is 2. The van der Waals surface area contributed by atoms with Crippen LogP contribution in [0.2, 0.25) is 5.02 Å². The molecule has 31 heavy (non-hydrogen) atoms. The molecule has 1 aromatic heterocycles. The van der Waals surface area contributed by atoms with Crippen LogP contribution in [0.3, 0.4) is 0 Å². The third kappa shape index (κ3) is 4.81. The Hall–Kier alpha value is -3.51. The van der Waals surface area contributed by atoms with Crippen LogP contribution in [0, 0.1) is 22.9 Å². The van der Waals surface area contributed by atoms with Gasteiger partial charge in [0, 0.05) is 18.2 Å². The Morgan fingerprint density at radius 1 is 1.29 bits per heavy atom. The van der Waals surface area contributed by atoms with Gasteiger partial charge in [-0.25, -0.2) is 12.8 Å². The summed E-state index contributed by atoms with van der Waals surface area (Å²) in [6, 6.07) is 9.05. The fourth-order valence-electron chi connectivity index (χ4n) is 2.61. The first kappa shape index (κ1) is 22.2. The number of hydrogen-bond donors (Lipinski definition) is 1. The Morgan fingerprint density at radius 2 is 2.00 bits per heavy atom. The van der Waals surface area contributed by atoms with Crippen LogP contribution in [-0.4, -0.2) is 30.9 Å². The molecule has 10 nitrogen and oxygen atoms in total. The lowest BCUT2D eigenvalue weighted by molar-refractivity contribution is -0.385. The average molecular weight is 469 g/mol. The average Bonchev–Trinajstić information content (AvgIpc) is 3.11. The van der Waals surface area contributed by atoms with E-state index >= 15 is 0 Å². The van der Waals surface area contributed by atoms with Crippen molar-refractivity contribution in [3.63, 3.8) is 0 Å². The predicted octanol–water partition coefficient (Wildman–Crippen LogP) is 3.52. The molecule has 2 aromatic carbocycles. The summed E-state index contributed by atoms with van der Waals surface area (Å²) in [7, 11) is -4.69. The number of nitro groups is 1. The van der Waals surface area contributed by atoms with E-state index < -0.39 is 49.5 Å². The van der Waals surface area contributed by atoms with Crippen molar-refractivity contribution in [2.45, 2.75) is 11.8 Å². The summed E-state index contributed by atoms with van der Waals surface area (Å²) in [5.74, 6) is -1.36. The zero-order valence-electron chi connectivity index (χ0n) is 15.8. The van der Waals surface area contributed by atoms with E-state index in [4.69, 9.17) is 16.1 Å². The molecule has 13 heteroatoms. The molecule has 0 unspecified atom stereocenters. The molecule has 0 fully saturated rings. The maximum Gasteiger partial charge on any atom is 0.270 e. The number of carbonyl (C=O) groups is 1. The zero-order valence-corrected chi connectivity index (χ0v) is 17.4. The molecule has 0 aliphatic carbocycles. The summed E-state index contributed by atoms with van der Waals surface area (Å²) in [6.45, 7) is 0.720. The summed E-state index contributed by atoms with van der Waals surface area (Å²) in [5.41, 5.74) is -0.990. The quantitative estimate of drug-likeness (QED) is 0.414. The molecule has 0 saturated heterocycles. The van der Waals surface area contributed by atoms with Crippen LogP contribution in [0.5, 0.6) is 0 Å². The summed E-state index contributed by atoms with van der Waals surface area (Å²) in [4.78, 5) is 22.1. The Morgan fingerprint density at radius 3 is 2.61 bits per heavy atom. The second kappa shape index (κ2) is 8.70. The van der Waals surface area contributed by atoms with Gasteiger partial charge in [0.15, 0.2) is 5.82 Å². The van der Waals surface area contributed by atoms with Gasteiger partial charge in [0.25, 0.3) is 15.7 Å². The highest BCUT2D eigenvalue weighted by Gasteiger charge is 2.32. The number of hydrogen-bond acceptors (Lipinski definition) is 7. The van der Waals surface area contributed by atoms with Gasteiger partial charge >= 0.3 is 0 Å². The van der Waals surface area contributed by atoms with Gasteiger partial charge in [-0.2, -0.15) is 0 Å². The van der Waals surface area contributed by atoms with E-state index in [1.165, 1.54) is 18.2 Å². The fraction of sp³-hybridized carbons (Fsp3) is 0.111. The number of carbonyl (C=O) groups excluding carboxylic acids is 1. The number of anilines is 2. The van der Waals surface area contributed by atoms with E-state index in [2.05, 4.69) is 10.5 Å². The van der Waals surface area contributed by atoms with Gasteiger partial charge in [-0.1, -0.05) is 28.9 Å². The highest BCUT2D eigenvalue weighted by molar-refractivity contribution is 7.93. The third-order valence-corrected chi connectivity index (χ3v) is 6.24. The Kier molecular flexibility index (Phi) is 6.22. The van der Waals surface area contributed by atoms with Crippen LogP contribution in [0.1, 0.15) is 5.76 Å². The third-order valence-electron chi connectivity index (χ3n) is 4.00. The number of nitrogens with zero attached hydrogens (tertiary/aromatic N) is 3. The van der Waals surface area contributed by atoms with Crippen molar-refractivity contribution < 1.29 is 27.0 Å². The predicted molar refractivity (Wildman–Crippen MR) is 109 cm³/mol. The molecular formula is C18H14ClFN4O6S. The van der Waals surface area contributed by atoms with E-state index in [0.717, 1.165) is 30.3 Å². The second-order valence-electron chi connectivity index (χ2n) is 6.21. The monoisotopic (exact) mass is 468 g/mol. The Labute approximate surface area is 180 Å². The molecule has 0 atom stereocenters. The minimum atomic E-state index is -4.69. The van der Waals surface area contributed by atoms with Crippen molar-refractivity contribution in [3.8, 4) is 0 Å². The zero-order chi connectivity index (χ0) is 22.8. The number of aryl methyl sites for hydroxylation is 1. The van der Waals surface area contributed by atoms with Crippen LogP contribution in [0.25, 0.3) is 0 Å². The minimum absolute atomic E-state index is 0.0294. The maximum absolute atomic E-state index is 14.5. The summed E-state index contributed by atoms with van der Waals surface area (Å²) in [6.07, 6.45) is 0. The van der Waals surface area contributed by atoms with E-state index in [1.54, 1.807) is 6.92 Å². The smallest absolute Gasteiger partial charge is 0.270 e. The molecule has 1 amide bonds. The topological polar surface area (TPSA) is 136 Å². The first-order valence-corrected chi connectivity index (χ1v) is 10.4. The molecular weight excluding hydrogens is 455 g/mol. The summed E-state index contributed by atoms with van der Waals surface area (Å²) < 4.78 is 46.4. The van der Waals surface area contributed by atoms with Crippen molar-refractivity contribution in [2.75, 3.05) is 16.2 Å². The molecule has 3 aromatic rings. The van der Waals surface area contributed by atoms with Gasteiger partial charge in [0.05, 0.1) is 15.6 Å². The van der Waals surface area contributed by atoms with E-state index in [-0.39, 0.29) is 10.8 Å². The number of rotatable bonds is 7. The maximum atomic E-state index is 14.5. The highest BCUT2D eigenvalue weighted by Crippen LogP contribution is 2.32. The number of nitro benzene ring substituents is 1. The first-order valence-electron chi connectivity index (χ1n) is 8.54. The molecule has 0 bridgehead atoms. The number of aromatic nitrogens is 1. The number of amides is 1. The van der Waals surface area contributed by atoms with Gasteiger partial charge in [0.1, 0.15) is 23.0 Å². The Balaban J connectivity index is 2.06. The van der Waals surface area contributed by atoms with E-state index in [0.29, 0.717) is 10.1 Å². The molecule has 0 aliphatic rings. The van der Waals surface area contributed by atoms with Crippen LogP contribution >= 0.6 is 11.6 Å². The van der Waals surface area contributed by atoms with Crippen molar-refractivity contribution >= 4 is 44.7 Å². The Bertz CT molecular complexity index is 1260. The van der Waals surface area contributed by atoms with Gasteiger partial charge in [-0.3, -0.25) is 19.2 Å². The molecule has 3 rings (SSSR count). The standard InChI is InChI=1S/C18H14ClFN4O6S/c1-11-8-17(22-30-11)21-18(25)10-23(15-5-3-2-4-14(15)20)31(28,29)16-9-12(24(26)27)6-7-13(16)19/h2-9H,10H2,1H3,(H,21,22,25). The minimum Gasteiger partial charge on any atom is -0.360 e.